The van der Waals surface area contributed by atoms with Gasteiger partial charge in [-0.25, -0.2) is 17.6 Å². The van der Waals surface area contributed by atoms with Crippen molar-refractivity contribution in [2.45, 2.75) is 48.4 Å². The first-order valence-electron chi connectivity index (χ1n) is 8.93. The van der Waals surface area contributed by atoms with Gasteiger partial charge in [0.1, 0.15) is 5.82 Å². The zero-order valence-electron chi connectivity index (χ0n) is 14.9. The van der Waals surface area contributed by atoms with Gasteiger partial charge in [0.2, 0.25) is 0 Å². The maximum absolute atomic E-state index is 14.2. The Morgan fingerprint density at radius 2 is 1.68 bits per heavy atom. The molecule has 0 aromatic heterocycles. The number of aliphatic hydroxyl groups is 1. The number of nitrogens with one attached hydrogen (secondary N) is 1. The second kappa shape index (κ2) is 8.96. The van der Waals surface area contributed by atoms with E-state index in [1.165, 1.54) is 23.9 Å². The highest BCUT2D eigenvalue weighted by Crippen LogP contribution is 2.35. The summed E-state index contributed by atoms with van der Waals surface area (Å²) in [4.78, 5) is 12.6. The van der Waals surface area contributed by atoms with Gasteiger partial charge in [-0.15, -0.1) is 11.8 Å². The van der Waals surface area contributed by atoms with Crippen molar-refractivity contribution in [3.63, 3.8) is 0 Å². The number of thioether (sulfide) groups is 1. The van der Waals surface area contributed by atoms with Crippen molar-refractivity contribution in [1.29, 1.82) is 0 Å². The molecule has 3 nitrogen and oxygen atoms in total. The summed E-state index contributed by atoms with van der Waals surface area (Å²) in [5, 5.41) is 12.2. The summed E-state index contributed by atoms with van der Waals surface area (Å²) >= 11 is 1.27. The number of halogens is 4. The zero-order valence-corrected chi connectivity index (χ0v) is 15.7. The number of hydrogen-bond acceptors (Lipinski definition) is 3. The molecule has 0 heterocycles. The molecule has 1 aliphatic carbocycles. The van der Waals surface area contributed by atoms with Crippen LogP contribution in [0.3, 0.4) is 0 Å². The number of aliphatic hydroxyl groups excluding tert-OH is 1. The quantitative estimate of drug-likeness (QED) is 0.407. The molecule has 2 aromatic carbocycles. The normalized spacial score (nSPS) is 19.9. The number of benzene rings is 2. The first-order valence-corrected chi connectivity index (χ1v) is 9.81. The number of carbonyl (C=O) groups is 1. The predicted molar refractivity (Wildman–Crippen MR) is 99.4 cm³/mol. The van der Waals surface area contributed by atoms with Crippen molar-refractivity contribution in [1.82, 2.24) is 0 Å². The second-order valence-electron chi connectivity index (χ2n) is 6.77. The van der Waals surface area contributed by atoms with E-state index >= 15 is 0 Å². The van der Waals surface area contributed by atoms with Crippen LogP contribution in [0.1, 0.15) is 42.5 Å². The van der Waals surface area contributed by atoms with Gasteiger partial charge in [-0.3, -0.25) is 4.79 Å². The van der Waals surface area contributed by atoms with Crippen LogP contribution in [-0.2, 0) is 0 Å². The van der Waals surface area contributed by atoms with Crippen LogP contribution in [-0.4, -0.2) is 22.4 Å². The van der Waals surface area contributed by atoms with Gasteiger partial charge in [-0.2, -0.15) is 0 Å². The third-order valence-electron chi connectivity index (χ3n) is 4.58. The second-order valence-corrected chi connectivity index (χ2v) is 8.11. The van der Waals surface area contributed by atoms with Gasteiger partial charge in [0.15, 0.2) is 17.5 Å². The molecule has 1 aliphatic rings. The summed E-state index contributed by atoms with van der Waals surface area (Å²) in [6.45, 7) is 0. The number of amides is 1. The third-order valence-corrected chi connectivity index (χ3v) is 5.91. The highest BCUT2D eigenvalue weighted by atomic mass is 32.2. The van der Waals surface area contributed by atoms with E-state index < -0.39 is 35.3 Å². The smallest absolute Gasteiger partial charge is 0.255 e. The molecule has 2 N–H and O–H groups in total. The Bertz CT molecular complexity index is 854. The minimum atomic E-state index is -1.62. The van der Waals surface area contributed by atoms with Crippen LogP contribution in [0.2, 0.25) is 0 Å². The van der Waals surface area contributed by atoms with E-state index in [9.17, 15) is 27.5 Å². The number of anilines is 1. The number of carbonyl (C=O) groups excluding carboxylic acids is 1. The molecule has 2 aromatic rings. The van der Waals surface area contributed by atoms with E-state index in [2.05, 4.69) is 5.32 Å². The van der Waals surface area contributed by atoms with E-state index in [-0.39, 0.29) is 21.4 Å². The van der Waals surface area contributed by atoms with Crippen LogP contribution in [0.5, 0.6) is 0 Å². The van der Waals surface area contributed by atoms with E-state index in [1.54, 1.807) is 0 Å². The Labute approximate surface area is 164 Å². The van der Waals surface area contributed by atoms with Crippen molar-refractivity contribution < 1.29 is 27.5 Å². The fraction of sp³-hybridized carbons (Fsp3) is 0.350. The molecular formula is C20H19F4NO2S. The molecule has 1 amide bonds. The predicted octanol–water partition coefficient (Wildman–Crippen LogP) is 5.28. The lowest BCUT2D eigenvalue weighted by Gasteiger charge is -2.17. The van der Waals surface area contributed by atoms with Crippen LogP contribution in [0, 0.1) is 23.3 Å². The minimum absolute atomic E-state index is 0.0330. The standard InChI is InChI=1S/C20H19F4NO2S/c21-15-6-5-11(7-18(15)28-14-4-2-1-3-13(26)10-14)20(27)25-12-8-16(22)19(24)17(23)9-12/h5-9,13-14,26H,1-4,10H2,(H,25,27)/t13-,14?/m1/s1. The average molecular weight is 413 g/mol. The lowest BCUT2D eigenvalue weighted by atomic mass is 10.2. The van der Waals surface area contributed by atoms with Crippen molar-refractivity contribution in [3.05, 3.63) is 59.2 Å². The lowest BCUT2D eigenvalue weighted by Crippen LogP contribution is -2.14. The summed E-state index contributed by atoms with van der Waals surface area (Å²) in [6, 6.07) is 5.11. The summed E-state index contributed by atoms with van der Waals surface area (Å²) in [7, 11) is 0. The molecule has 28 heavy (non-hydrogen) atoms. The maximum Gasteiger partial charge on any atom is 0.255 e. The fourth-order valence-corrected chi connectivity index (χ4v) is 4.48. The Kier molecular flexibility index (Phi) is 6.61. The van der Waals surface area contributed by atoms with Gasteiger partial charge in [0.25, 0.3) is 5.91 Å². The highest BCUT2D eigenvalue weighted by Gasteiger charge is 2.21. The van der Waals surface area contributed by atoms with Crippen LogP contribution in [0.15, 0.2) is 35.2 Å². The summed E-state index contributed by atoms with van der Waals surface area (Å²) < 4.78 is 53.8. The van der Waals surface area contributed by atoms with Crippen LogP contribution in [0.4, 0.5) is 23.2 Å². The van der Waals surface area contributed by atoms with E-state index in [1.807, 2.05) is 0 Å². The van der Waals surface area contributed by atoms with Crippen LogP contribution in [0.25, 0.3) is 0 Å². The molecule has 0 bridgehead atoms. The summed E-state index contributed by atoms with van der Waals surface area (Å²) in [6.07, 6.45) is 3.57. The Morgan fingerprint density at radius 3 is 2.39 bits per heavy atom. The van der Waals surface area contributed by atoms with Crippen molar-refractivity contribution in [3.8, 4) is 0 Å². The van der Waals surface area contributed by atoms with E-state index in [0.29, 0.717) is 18.6 Å². The SMILES string of the molecule is O=C(Nc1cc(F)c(F)c(F)c1)c1ccc(F)c(SC2CCCC[C@@H](O)C2)c1. The maximum atomic E-state index is 14.2. The molecule has 1 unspecified atom stereocenters. The van der Waals surface area contributed by atoms with Crippen molar-refractivity contribution in [2.75, 3.05) is 5.32 Å². The summed E-state index contributed by atoms with van der Waals surface area (Å²) in [5.41, 5.74) is -0.143. The van der Waals surface area contributed by atoms with Gasteiger partial charge in [0.05, 0.1) is 6.10 Å². The van der Waals surface area contributed by atoms with Gasteiger partial charge >= 0.3 is 0 Å². The molecule has 1 fully saturated rings. The van der Waals surface area contributed by atoms with Gasteiger partial charge < -0.3 is 10.4 Å². The van der Waals surface area contributed by atoms with E-state index in [0.717, 1.165) is 31.7 Å². The van der Waals surface area contributed by atoms with Crippen molar-refractivity contribution >= 4 is 23.4 Å². The molecule has 0 radical (unpaired) electrons. The molecule has 150 valence electrons. The average Bonchev–Trinajstić information content (AvgIpc) is 2.85. The Hall–Kier alpha value is -2.06. The lowest BCUT2D eigenvalue weighted by molar-refractivity contribution is 0.102. The van der Waals surface area contributed by atoms with Crippen LogP contribution >= 0.6 is 11.8 Å². The van der Waals surface area contributed by atoms with Gasteiger partial charge in [-0.1, -0.05) is 12.8 Å². The molecule has 3 rings (SSSR count). The molecule has 8 heteroatoms. The molecule has 0 spiro atoms. The molecule has 1 saturated carbocycles. The third kappa shape index (κ3) is 5.05. The number of hydrogen-bond donors (Lipinski definition) is 2. The minimum Gasteiger partial charge on any atom is -0.393 e. The molecule has 0 saturated heterocycles. The van der Waals surface area contributed by atoms with Gasteiger partial charge in [-0.05, 0) is 37.5 Å². The van der Waals surface area contributed by atoms with Crippen molar-refractivity contribution in [2.24, 2.45) is 0 Å². The fourth-order valence-electron chi connectivity index (χ4n) is 3.14. The number of rotatable bonds is 4. The molecular weight excluding hydrogens is 394 g/mol. The first kappa shape index (κ1) is 20.7. The van der Waals surface area contributed by atoms with Crippen LogP contribution < -0.4 is 5.32 Å². The Balaban J connectivity index is 1.75. The summed E-state index contributed by atoms with van der Waals surface area (Å²) in [5.74, 6) is -5.65. The van der Waals surface area contributed by atoms with E-state index in [4.69, 9.17) is 0 Å². The molecule has 0 aliphatic heterocycles. The first-order chi connectivity index (χ1) is 13.3. The zero-order chi connectivity index (χ0) is 20.3. The molecule has 2 atom stereocenters. The largest absolute Gasteiger partial charge is 0.393 e. The van der Waals surface area contributed by atoms with Gasteiger partial charge in [0, 0.05) is 33.5 Å². The Morgan fingerprint density at radius 1 is 1.00 bits per heavy atom. The monoisotopic (exact) mass is 413 g/mol. The topological polar surface area (TPSA) is 49.3 Å². The highest BCUT2D eigenvalue weighted by molar-refractivity contribution is 8.00.